The lowest BCUT2D eigenvalue weighted by molar-refractivity contribution is 1.21. The van der Waals surface area contributed by atoms with Gasteiger partial charge in [-0.1, -0.05) is 0 Å². The number of nitrogen functional groups attached to an aromatic ring is 1. The summed E-state index contributed by atoms with van der Waals surface area (Å²) in [6.45, 7) is 0. The highest BCUT2D eigenvalue weighted by Gasteiger charge is 2.09. The Morgan fingerprint density at radius 2 is 2.15 bits per heavy atom. The number of fused-ring (bicyclic) bond motifs is 2. The average molecular weight is 283 g/mol. The van der Waals surface area contributed by atoms with Crippen molar-refractivity contribution in [3.63, 3.8) is 0 Å². The first-order valence-corrected chi connectivity index (χ1v) is 6.74. The molecule has 0 fully saturated rings. The minimum atomic E-state index is 0.186. The van der Waals surface area contributed by atoms with Gasteiger partial charge in [0.25, 0.3) is 0 Å². The Kier molecular flexibility index (Phi) is 2.30. The summed E-state index contributed by atoms with van der Waals surface area (Å²) < 4.78 is 1.11. The van der Waals surface area contributed by atoms with Gasteiger partial charge in [-0.3, -0.25) is 0 Å². The van der Waals surface area contributed by atoms with Crippen molar-refractivity contribution in [1.82, 2.24) is 24.9 Å². The van der Waals surface area contributed by atoms with Gasteiger partial charge >= 0.3 is 0 Å². The van der Waals surface area contributed by atoms with Gasteiger partial charge < -0.3 is 16.0 Å². The van der Waals surface area contributed by atoms with Crippen molar-refractivity contribution in [3.8, 4) is 0 Å². The molecule has 0 aliphatic rings. The van der Waals surface area contributed by atoms with E-state index in [9.17, 15) is 0 Å². The topological polar surface area (TPSA) is 105 Å². The third kappa shape index (κ3) is 1.74. The SMILES string of the molecule is Nc1nc(Nc2ccc3ncsc3c2)c2[nH]cnc2n1. The van der Waals surface area contributed by atoms with Gasteiger partial charge in [0.2, 0.25) is 5.95 Å². The zero-order chi connectivity index (χ0) is 13.5. The van der Waals surface area contributed by atoms with Crippen molar-refractivity contribution in [2.24, 2.45) is 0 Å². The molecule has 4 rings (SSSR count). The highest BCUT2D eigenvalue weighted by Crippen LogP contribution is 2.26. The molecule has 20 heavy (non-hydrogen) atoms. The number of benzene rings is 1. The summed E-state index contributed by atoms with van der Waals surface area (Å²) in [6, 6.07) is 5.93. The summed E-state index contributed by atoms with van der Waals surface area (Å²) in [5, 5.41) is 3.23. The second kappa shape index (κ2) is 4.14. The van der Waals surface area contributed by atoms with Crippen LogP contribution in [-0.4, -0.2) is 24.9 Å². The summed E-state index contributed by atoms with van der Waals surface area (Å²) in [6.07, 6.45) is 1.57. The fourth-order valence-electron chi connectivity index (χ4n) is 2.01. The fraction of sp³-hybridized carbons (Fsp3) is 0. The highest BCUT2D eigenvalue weighted by atomic mass is 32.1. The van der Waals surface area contributed by atoms with Crippen LogP contribution in [0.5, 0.6) is 0 Å². The van der Waals surface area contributed by atoms with Crippen molar-refractivity contribution in [2.75, 3.05) is 11.1 Å². The molecule has 1 aromatic carbocycles. The first-order valence-electron chi connectivity index (χ1n) is 5.86. The number of anilines is 3. The molecule has 0 bridgehead atoms. The van der Waals surface area contributed by atoms with Gasteiger partial charge in [0, 0.05) is 5.69 Å². The Balaban J connectivity index is 1.81. The number of imidazole rings is 1. The van der Waals surface area contributed by atoms with E-state index in [1.807, 2.05) is 23.7 Å². The zero-order valence-corrected chi connectivity index (χ0v) is 11.0. The number of aromatic amines is 1. The van der Waals surface area contributed by atoms with Gasteiger partial charge in [-0.25, -0.2) is 9.97 Å². The van der Waals surface area contributed by atoms with Gasteiger partial charge in [0.05, 0.1) is 22.1 Å². The molecule has 0 radical (unpaired) electrons. The van der Waals surface area contributed by atoms with E-state index in [1.54, 1.807) is 17.7 Å². The maximum Gasteiger partial charge on any atom is 0.224 e. The van der Waals surface area contributed by atoms with Crippen LogP contribution in [0.3, 0.4) is 0 Å². The van der Waals surface area contributed by atoms with E-state index in [4.69, 9.17) is 5.73 Å². The maximum atomic E-state index is 5.69. The molecule has 3 aromatic heterocycles. The van der Waals surface area contributed by atoms with Gasteiger partial charge in [-0.05, 0) is 18.2 Å². The third-order valence-corrected chi connectivity index (χ3v) is 3.69. The lowest BCUT2D eigenvalue weighted by Gasteiger charge is -2.06. The molecule has 0 aliphatic heterocycles. The molecule has 0 spiro atoms. The normalized spacial score (nSPS) is 11.2. The highest BCUT2D eigenvalue weighted by molar-refractivity contribution is 7.16. The fourth-order valence-corrected chi connectivity index (χ4v) is 2.73. The van der Waals surface area contributed by atoms with Crippen LogP contribution in [0.15, 0.2) is 30.0 Å². The van der Waals surface area contributed by atoms with Crippen LogP contribution < -0.4 is 11.1 Å². The molecule has 3 heterocycles. The number of nitrogens with zero attached hydrogens (tertiary/aromatic N) is 4. The molecular formula is C12H9N7S. The molecular weight excluding hydrogens is 274 g/mol. The monoisotopic (exact) mass is 283 g/mol. The van der Waals surface area contributed by atoms with E-state index in [1.165, 1.54) is 0 Å². The minimum absolute atomic E-state index is 0.186. The van der Waals surface area contributed by atoms with E-state index in [2.05, 4.69) is 30.2 Å². The number of nitrogens with two attached hydrogens (primary N) is 1. The second-order valence-corrected chi connectivity index (χ2v) is 5.08. The summed E-state index contributed by atoms with van der Waals surface area (Å²) in [4.78, 5) is 19.6. The van der Waals surface area contributed by atoms with Crippen molar-refractivity contribution in [2.45, 2.75) is 0 Å². The van der Waals surface area contributed by atoms with Crippen LogP contribution >= 0.6 is 11.3 Å². The quantitative estimate of drug-likeness (QED) is 0.521. The van der Waals surface area contributed by atoms with Crippen LogP contribution in [-0.2, 0) is 0 Å². The number of H-pyrrole nitrogens is 1. The number of nitrogens with one attached hydrogen (secondary N) is 2. The molecule has 4 aromatic rings. The Morgan fingerprint density at radius 3 is 3.10 bits per heavy atom. The van der Waals surface area contributed by atoms with Crippen LogP contribution in [0.4, 0.5) is 17.5 Å². The van der Waals surface area contributed by atoms with Crippen molar-refractivity contribution in [1.29, 1.82) is 0 Å². The predicted octanol–water partition coefficient (Wildman–Crippen LogP) is 2.29. The minimum Gasteiger partial charge on any atom is -0.368 e. The number of hydrogen-bond donors (Lipinski definition) is 3. The van der Waals surface area contributed by atoms with Gasteiger partial charge in [0.1, 0.15) is 5.52 Å². The summed E-state index contributed by atoms with van der Waals surface area (Å²) in [7, 11) is 0. The summed E-state index contributed by atoms with van der Waals surface area (Å²) in [5.74, 6) is 0.792. The average Bonchev–Trinajstić information content (AvgIpc) is 3.05. The first kappa shape index (κ1) is 11.1. The predicted molar refractivity (Wildman–Crippen MR) is 79.0 cm³/mol. The molecule has 0 atom stereocenters. The standard InChI is InChI=1S/C12H9N7S/c13-12-18-10-9(14-4-15-10)11(19-12)17-6-1-2-7-8(3-6)20-5-16-7/h1-5H,(H4,13,14,15,17,18,19). The van der Waals surface area contributed by atoms with E-state index in [0.29, 0.717) is 11.5 Å². The Morgan fingerprint density at radius 1 is 1.20 bits per heavy atom. The van der Waals surface area contributed by atoms with E-state index in [-0.39, 0.29) is 5.95 Å². The van der Waals surface area contributed by atoms with E-state index >= 15 is 0 Å². The number of rotatable bonds is 2. The lowest BCUT2D eigenvalue weighted by atomic mass is 10.3. The molecule has 0 saturated carbocycles. The van der Waals surface area contributed by atoms with Crippen molar-refractivity contribution >= 4 is 50.2 Å². The molecule has 7 nitrogen and oxygen atoms in total. The Bertz CT molecular complexity index is 910. The van der Waals surface area contributed by atoms with Crippen LogP contribution in [0.25, 0.3) is 21.4 Å². The largest absolute Gasteiger partial charge is 0.368 e. The van der Waals surface area contributed by atoms with Crippen LogP contribution in [0.1, 0.15) is 0 Å². The summed E-state index contributed by atoms with van der Waals surface area (Å²) >= 11 is 1.59. The maximum absolute atomic E-state index is 5.69. The first-order chi connectivity index (χ1) is 9.79. The number of thiazole rings is 1. The van der Waals surface area contributed by atoms with Gasteiger partial charge in [-0.15, -0.1) is 11.3 Å². The van der Waals surface area contributed by atoms with Gasteiger partial charge in [0.15, 0.2) is 11.5 Å². The number of aromatic nitrogens is 5. The lowest BCUT2D eigenvalue weighted by Crippen LogP contribution is -2.01. The van der Waals surface area contributed by atoms with Crippen molar-refractivity contribution in [3.05, 3.63) is 30.0 Å². The van der Waals surface area contributed by atoms with Crippen LogP contribution in [0.2, 0.25) is 0 Å². The Hall–Kier alpha value is -2.74. The molecule has 0 amide bonds. The van der Waals surface area contributed by atoms with Crippen LogP contribution in [0, 0.1) is 0 Å². The molecule has 0 unspecified atom stereocenters. The molecule has 98 valence electrons. The van der Waals surface area contributed by atoms with Crippen molar-refractivity contribution < 1.29 is 0 Å². The molecule has 0 aliphatic carbocycles. The summed E-state index contributed by atoms with van der Waals surface area (Å²) in [5.41, 5.74) is 10.7. The second-order valence-electron chi connectivity index (χ2n) is 4.19. The smallest absolute Gasteiger partial charge is 0.224 e. The molecule has 8 heteroatoms. The molecule has 0 saturated heterocycles. The molecule has 4 N–H and O–H groups in total. The Labute approximate surface area is 116 Å². The third-order valence-electron chi connectivity index (χ3n) is 2.90. The van der Waals surface area contributed by atoms with Gasteiger partial charge in [-0.2, -0.15) is 9.97 Å². The zero-order valence-electron chi connectivity index (χ0n) is 10.2. The number of hydrogen-bond acceptors (Lipinski definition) is 7. The van der Waals surface area contributed by atoms with E-state index < -0.39 is 0 Å². The van der Waals surface area contributed by atoms with E-state index in [0.717, 1.165) is 21.4 Å².